The second-order valence-corrected chi connectivity index (χ2v) is 5.49. The summed E-state index contributed by atoms with van der Waals surface area (Å²) in [6.45, 7) is 2.77. The number of alkyl halides is 1. The normalized spacial score (nSPS) is 41.6. The molecule has 1 saturated carbocycles. The van der Waals surface area contributed by atoms with Crippen molar-refractivity contribution in [3.8, 4) is 0 Å². The van der Waals surface area contributed by atoms with Crippen molar-refractivity contribution in [2.75, 3.05) is 13.2 Å². The number of carbonyl (C=O) groups excluding carboxylic acids is 1. The fourth-order valence-corrected chi connectivity index (χ4v) is 3.46. The zero-order valence-electron chi connectivity index (χ0n) is 10.6. The van der Waals surface area contributed by atoms with Gasteiger partial charge in [0.05, 0.1) is 18.8 Å². The number of carboxylic acid groups (broad SMARTS) is 1. The summed E-state index contributed by atoms with van der Waals surface area (Å²) in [7, 11) is 0. The molecule has 2 fully saturated rings. The van der Waals surface area contributed by atoms with Gasteiger partial charge in [-0.15, -0.1) is 0 Å². The van der Waals surface area contributed by atoms with Crippen molar-refractivity contribution < 1.29 is 23.8 Å². The lowest BCUT2D eigenvalue weighted by molar-refractivity contribution is -0.157. The summed E-state index contributed by atoms with van der Waals surface area (Å²) in [6.07, 6.45) is 0.0412. The molecule has 0 bridgehead atoms. The number of ether oxygens (including phenoxy) is 1. The number of ketones is 1. The van der Waals surface area contributed by atoms with Crippen molar-refractivity contribution in [1.29, 1.82) is 0 Å². The number of hydrogen-bond donors (Lipinski definition) is 1. The highest BCUT2D eigenvalue weighted by atomic mass is 19.1. The van der Waals surface area contributed by atoms with E-state index in [1.807, 2.05) is 4.90 Å². The molecule has 1 N–H and O–H groups in total. The second kappa shape index (κ2) is 4.30. The number of nitrogens with zero attached hydrogens (tertiary/aromatic N) is 1. The molecule has 2 aliphatic heterocycles. The van der Waals surface area contributed by atoms with Crippen LogP contribution in [-0.4, -0.2) is 53.2 Å². The molecule has 104 valence electrons. The number of rotatable bonds is 1. The zero-order valence-corrected chi connectivity index (χ0v) is 10.6. The Kier molecular flexibility index (Phi) is 2.85. The molecule has 3 rings (SSSR count). The van der Waals surface area contributed by atoms with Crippen LogP contribution in [0.1, 0.15) is 13.3 Å². The highest BCUT2D eigenvalue weighted by Crippen LogP contribution is 2.41. The fourth-order valence-electron chi connectivity index (χ4n) is 3.46. The Morgan fingerprint density at radius 1 is 1.58 bits per heavy atom. The van der Waals surface area contributed by atoms with Crippen LogP contribution in [0.2, 0.25) is 0 Å². The molecule has 0 aromatic heterocycles. The number of morpholine rings is 1. The molecular weight excluding hydrogens is 253 g/mol. The van der Waals surface area contributed by atoms with E-state index in [2.05, 4.69) is 0 Å². The molecule has 1 aliphatic carbocycles. The molecule has 0 aromatic rings. The van der Waals surface area contributed by atoms with Gasteiger partial charge in [-0.3, -0.25) is 4.79 Å². The van der Waals surface area contributed by atoms with E-state index in [-0.39, 0.29) is 30.1 Å². The number of Topliss-reactive ketones (excluding diaryl/α,β-unsaturated/α-hetero) is 1. The number of hydrogen-bond acceptors (Lipinski definition) is 4. The summed E-state index contributed by atoms with van der Waals surface area (Å²) in [4.78, 5) is 25.1. The molecule has 5 nitrogen and oxygen atoms in total. The molecule has 19 heavy (non-hydrogen) atoms. The molecule has 0 amide bonds. The molecule has 0 aromatic carbocycles. The van der Waals surface area contributed by atoms with Crippen LogP contribution in [0, 0.1) is 11.8 Å². The number of aliphatic carboxylic acids is 1. The molecule has 3 aliphatic rings. The Hall–Kier alpha value is -1.43. The van der Waals surface area contributed by atoms with Crippen LogP contribution in [0.5, 0.6) is 0 Å². The van der Waals surface area contributed by atoms with Gasteiger partial charge in [0.25, 0.3) is 0 Å². The van der Waals surface area contributed by atoms with Gasteiger partial charge >= 0.3 is 5.97 Å². The van der Waals surface area contributed by atoms with Gasteiger partial charge in [0.1, 0.15) is 11.7 Å². The van der Waals surface area contributed by atoms with Gasteiger partial charge in [-0.05, 0) is 6.42 Å². The summed E-state index contributed by atoms with van der Waals surface area (Å²) < 4.78 is 19.7. The van der Waals surface area contributed by atoms with E-state index >= 15 is 0 Å². The Labute approximate surface area is 110 Å². The Bertz CT molecular complexity index is 464. The van der Waals surface area contributed by atoms with Gasteiger partial charge in [0.2, 0.25) is 0 Å². The van der Waals surface area contributed by atoms with Crippen LogP contribution >= 0.6 is 0 Å². The van der Waals surface area contributed by atoms with Gasteiger partial charge in [0.15, 0.2) is 5.78 Å². The topological polar surface area (TPSA) is 66.8 Å². The minimum absolute atomic E-state index is 0.0889. The predicted octanol–water partition coefficient (Wildman–Crippen LogP) is 0.601. The highest BCUT2D eigenvalue weighted by Gasteiger charge is 2.53. The first-order valence-corrected chi connectivity index (χ1v) is 6.51. The van der Waals surface area contributed by atoms with Crippen molar-refractivity contribution >= 4 is 11.8 Å². The number of carboxylic acids is 1. The lowest BCUT2D eigenvalue weighted by atomic mass is 9.70. The van der Waals surface area contributed by atoms with Crippen LogP contribution in [-0.2, 0) is 14.3 Å². The predicted molar refractivity (Wildman–Crippen MR) is 63.1 cm³/mol. The Morgan fingerprint density at radius 3 is 3.00 bits per heavy atom. The van der Waals surface area contributed by atoms with E-state index in [0.29, 0.717) is 13.2 Å². The van der Waals surface area contributed by atoms with Crippen LogP contribution in [0.4, 0.5) is 4.39 Å². The van der Waals surface area contributed by atoms with Crippen LogP contribution in [0.25, 0.3) is 0 Å². The summed E-state index contributed by atoms with van der Waals surface area (Å²) in [5.41, 5.74) is -0.233. The summed E-state index contributed by atoms with van der Waals surface area (Å²) >= 11 is 0. The van der Waals surface area contributed by atoms with Gasteiger partial charge in [-0.25, -0.2) is 9.18 Å². The van der Waals surface area contributed by atoms with E-state index < -0.39 is 23.8 Å². The Morgan fingerprint density at radius 2 is 2.32 bits per heavy atom. The smallest absolute Gasteiger partial charge is 0.340 e. The van der Waals surface area contributed by atoms with Crippen molar-refractivity contribution in [2.45, 2.75) is 31.7 Å². The van der Waals surface area contributed by atoms with Gasteiger partial charge in [-0.1, -0.05) is 6.92 Å². The lowest BCUT2D eigenvalue weighted by Gasteiger charge is -2.52. The van der Waals surface area contributed by atoms with Crippen molar-refractivity contribution in [3.63, 3.8) is 0 Å². The quantitative estimate of drug-likeness (QED) is 0.706. The minimum Gasteiger partial charge on any atom is -0.478 e. The van der Waals surface area contributed by atoms with E-state index in [9.17, 15) is 14.0 Å². The highest BCUT2D eigenvalue weighted by molar-refractivity contribution is 6.18. The molecule has 1 saturated heterocycles. The SMILES string of the molecule is CC1C(F)CC2C(=O)C(C(=O)O)=CN3CCOC1C23. The lowest BCUT2D eigenvalue weighted by Crippen LogP contribution is -2.63. The van der Waals surface area contributed by atoms with Crippen LogP contribution in [0.15, 0.2) is 11.8 Å². The zero-order chi connectivity index (χ0) is 13.7. The number of halogens is 1. The molecule has 2 heterocycles. The fraction of sp³-hybridized carbons (Fsp3) is 0.692. The third-order valence-electron chi connectivity index (χ3n) is 4.49. The third kappa shape index (κ3) is 1.77. The maximum Gasteiger partial charge on any atom is 0.340 e. The maximum absolute atomic E-state index is 14.0. The molecular formula is C13H16FNO4. The summed E-state index contributed by atoms with van der Waals surface area (Å²) in [6, 6.07) is -0.216. The molecule has 5 atom stereocenters. The van der Waals surface area contributed by atoms with Gasteiger partial charge in [0, 0.05) is 24.6 Å². The average Bonchev–Trinajstić information content (AvgIpc) is 2.38. The van der Waals surface area contributed by atoms with Gasteiger partial charge in [-0.2, -0.15) is 0 Å². The van der Waals surface area contributed by atoms with Gasteiger partial charge < -0.3 is 14.7 Å². The minimum atomic E-state index is -1.24. The van der Waals surface area contributed by atoms with Crippen LogP contribution < -0.4 is 0 Å². The number of carbonyl (C=O) groups is 2. The summed E-state index contributed by atoms with van der Waals surface area (Å²) in [5, 5.41) is 9.07. The summed E-state index contributed by atoms with van der Waals surface area (Å²) in [5.74, 6) is -2.57. The van der Waals surface area contributed by atoms with Crippen molar-refractivity contribution in [1.82, 2.24) is 4.90 Å². The Balaban J connectivity index is 2.02. The van der Waals surface area contributed by atoms with Crippen molar-refractivity contribution in [2.24, 2.45) is 11.8 Å². The third-order valence-corrected chi connectivity index (χ3v) is 4.49. The van der Waals surface area contributed by atoms with E-state index in [4.69, 9.17) is 9.84 Å². The average molecular weight is 269 g/mol. The maximum atomic E-state index is 14.0. The molecule has 5 unspecified atom stereocenters. The monoisotopic (exact) mass is 269 g/mol. The largest absolute Gasteiger partial charge is 0.478 e. The first-order valence-electron chi connectivity index (χ1n) is 6.51. The van der Waals surface area contributed by atoms with E-state index in [1.54, 1.807) is 6.92 Å². The molecule has 6 heteroatoms. The van der Waals surface area contributed by atoms with E-state index in [0.717, 1.165) is 0 Å². The molecule has 0 spiro atoms. The second-order valence-electron chi connectivity index (χ2n) is 5.49. The standard InChI is InChI=1S/C13H16FNO4/c1-6-9(14)4-7-10-12(6)19-3-2-15(10)5-8(11(7)16)13(17)18/h5-7,9-10,12H,2-4H2,1H3,(H,17,18). The first-order chi connectivity index (χ1) is 9.00. The van der Waals surface area contributed by atoms with E-state index in [1.165, 1.54) is 6.20 Å². The molecule has 0 radical (unpaired) electrons. The first kappa shape index (κ1) is 12.6. The van der Waals surface area contributed by atoms with Crippen LogP contribution in [0.3, 0.4) is 0 Å². The van der Waals surface area contributed by atoms with Crippen molar-refractivity contribution in [3.05, 3.63) is 11.8 Å².